The molecule has 5 rings (SSSR count). The fourth-order valence-corrected chi connectivity index (χ4v) is 4.39. The van der Waals surface area contributed by atoms with Crippen LogP contribution in [-0.4, -0.2) is 44.1 Å². The van der Waals surface area contributed by atoms with E-state index in [2.05, 4.69) is 40.3 Å². The van der Waals surface area contributed by atoms with E-state index in [1.807, 2.05) is 4.90 Å². The highest BCUT2D eigenvalue weighted by atomic mass is 16.2. The summed E-state index contributed by atoms with van der Waals surface area (Å²) in [7, 11) is 0. The highest BCUT2D eigenvalue weighted by Crippen LogP contribution is 2.30. The highest BCUT2D eigenvalue weighted by molar-refractivity contribution is 5.94. The van der Waals surface area contributed by atoms with Gasteiger partial charge in [-0.25, -0.2) is 4.98 Å². The number of nitrogens with zero attached hydrogens (tertiary/aromatic N) is 3. The highest BCUT2D eigenvalue weighted by Gasteiger charge is 2.30. The molecule has 2 aliphatic rings. The Morgan fingerprint density at radius 2 is 2.08 bits per heavy atom. The number of rotatable bonds is 2. The molecule has 2 aromatic heterocycles. The van der Waals surface area contributed by atoms with Crippen LogP contribution in [0.3, 0.4) is 0 Å². The quantitative estimate of drug-likeness (QED) is 0.746. The van der Waals surface area contributed by atoms with Crippen molar-refractivity contribution in [3.05, 3.63) is 46.5 Å². The van der Waals surface area contributed by atoms with Gasteiger partial charge in [-0.1, -0.05) is 12.1 Å². The summed E-state index contributed by atoms with van der Waals surface area (Å²) in [6.45, 7) is 3.62. The molecular weight excluding hydrogens is 326 g/mol. The molecule has 0 radical (unpaired) electrons. The lowest BCUT2D eigenvalue weighted by atomic mass is 9.96. The SMILES string of the molecule is Cc1cccc2[nH]c(C3CCN(C(=O)c4n[nH]c5c4CCC5)CC3)nc12. The van der Waals surface area contributed by atoms with E-state index >= 15 is 0 Å². The van der Waals surface area contributed by atoms with Crippen molar-refractivity contribution < 1.29 is 4.79 Å². The van der Waals surface area contributed by atoms with Crippen LogP contribution in [0.25, 0.3) is 11.0 Å². The molecule has 2 N–H and O–H groups in total. The second-order valence-corrected chi connectivity index (χ2v) is 7.54. The Morgan fingerprint density at radius 1 is 1.23 bits per heavy atom. The number of carbonyl (C=O) groups excluding carboxylic acids is 1. The number of carbonyl (C=O) groups is 1. The summed E-state index contributed by atoms with van der Waals surface area (Å²) in [5, 5.41) is 7.34. The molecule has 134 valence electrons. The van der Waals surface area contributed by atoms with Gasteiger partial charge in [-0.2, -0.15) is 5.10 Å². The van der Waals surface area contributed by atoms with Crippen molar-refractivity contribution in [1.82, 2.24) is 25.1 Å². The van der Waals surface area contributed by atoms with Crippen LogP contribution in [0.4, 0.5) is 0 Å². The van der Waals surface area contributed by atoms with E-state index in [4.69, 9.17) is 4.98 Å². The van der Waals surface area contributed by atoms with Crippen LogP contribution in [0.2, 0.25) is 0 Å². The minimum atomic E-state index is 0.0864. The first-order valence-electron chi connectivity index (χ1n) is 9.51. The van der Waals surface area contributed by atoms with Gasteiger partial charge in [0.2, 0.25) is 0 Å². The summed E-state index contributed by atoms with van der Waals surface area (Å²) in [5.41, 5.74) is 6.31. The molecule has 0 saturated carbocycles. The zero-order chi connectivity index (χ0) is 17.7. The van der Waals surface area contributed by atoms with Gasteiger partial charge in [0.25, 0.3) is 5.91 Å². The van der Waals surface area contributed by atoms with Crippen LogP contribution < -0.4 is 0 Å². The lowest BCUT2D eigenvalue weighted by Gasteiger charge is -2.30. The number of likely N-dealkylation sites (tertiary alicyclic amines) is 1. The number of fused-ring (bicyclic) bond motifs is 2. The largest absolute Gasteiger partial charge is 0.342 e. The maximum atomic E-state index is 12.9. The molecule has 6 heteroatoms. The van der Waals surface area contributed by atoms with Crippen molar-refractivity contribution in [3.8, 4) is 0 Å². The molecule has 1 aliphatic carbocycles. The molecule has 0 atom stereocenters. The summed E-state index contributed by atoms with van der Waals surface area (Å²) in [6.07, 6.45) is 5.00. The number of nitrogens with one attached hydrogen (secondary N) is 2. The second kappa shape index (κ2) is 5.97. The predicted molar refractivity (Wildman–Crippen MR) is 99.3 cm³/mol. The molecular formula is C20H23N5O. The number of piperidine rings is 1. The lowest BCUT2D eigenvalue weighted by Crippen LogP contribution is -2.38. The van der Waals surface area contributed by atoms with Crippen molar-refractivity contribution >= 4 is 16.9 Å². The smallest absolute Gasteiger partial charge is 0.274 e. The van der Waals surface area contributed by atoms with Gasteiger partial charge in [0, 0.05) is 30.3 Å². The molecule has 0 spiro atoms. The van der Waals surface area contributed by atoms with Gasteiger partial charge in [-0.05, 0) is 50.7 Å². The van der Waals surface area contributed by atoms with Crippen molar-refractivity contribution in [2.75, 3.05) is 13.1 Å². The standard InChI is InChI=1S/C20H23N5O/c1-12-4-2-7-16-17(12)22-19(21-16)13-8-10-25(11-9-13)20(26)18-14-5-3-6-15(14)23-24-18/h2,4,7,13H,3,5-6,8-11H2,1H3,(H,21,22)(H,23,24). The van der Waals surface area contributed by atoms with Gasteiger partial charge in [0.1, 0.15) is 5.82 Å². The zero-order valence-corrected chi connectivity index (χ0v) is 15.0. The van der Waals surface area contributed by atoms with E-state index in [9.17, 15) is 4.79 Å². The van der Waals surface area contributed by atoms with E-state index in [1.54, 1.807) is 0 Å². The third kappa shape index (κ3) is 2.43. The van der Waals surface area contributed by atoms with Gasteiger partial charge >= 0.3 is 0 Å². The zero-order valence-electron chi connectivity index (χ0n) is 15.0. The number of aryl methyl sites for hydroxylation is 2. The normalized spacial score (nSPS) is 17.8. The van der Waals surface area contributed by atoms with Gasteiger partial charge < -0.3 is 9.88 Å². The maximum Gasteiger partial charge on any atom is 0.274 e. The maximum absolute atomic E-state index is 12.9. The number of H-pyrrole nitrogens is 2. The van der Waals surface area contributed by atoms with E-state index in [0.29, 0.717) is 11.6 Å². The molecule has 3 aromatic rings. The Hall–Kier alpha value is -2.63. The number of amides is 1. The summed E-state index contributed by atoms with van der Waals surface area (Å²) >= 11 is 0. The van der Waals surface area contributed by atoms with Gasteiger partial charge in [-0.15, -0.1) is 0 Å². The summed E-state index contributed by atoms with van der Waals surface area (Å²) < 4.78 is 0. The first kappa shape index (κ1) is 15.6. The van der Waals surface area contributed by atoms with E-state index in [-0.39, 0.29) is 5.91 Å². The monoisotopic (exact) mass is 349 g/mol. The van der Waals surface area contributed by atoms with Crippen molar-refractivity contribution in [3.63, 3.8) is 0 Å². The predicted octanol–water partition coefficient (Wildman–Crippen LogP) is 3.10. The number of aromatic nitrogens is 4. The third-order valence-corrected chi connectivity index (χ3v) is 5.91. The first-order valence-corrected chi connectivity index (χ1v) is 9.51. The molecule has 1 aliphatic heterocycles. The Kier molecular flexibility index (Phi) is 3.58. The van der Waals surface area contributed by atoms with Gasteiger partial charge in [0.05, 0.1) is 11.0 Å². The minimum Gasteiger partial charge on any atom is -0.342 e. The Morgan fingerprint density at radius 3 is 2.88 bits per heavy atom. The average Bonchev–Trinajstić information content (AvgIpc) is 3.37. The average molecular weight is 349 g/mol. The molecule has 3 heterocycles. The van der Waals surface area contributed by atoms with Crippen LogP contribution in [-0.2, 0) is 12.8 Å². The molecule has 6 nitrogen and oxygen atoms in total. The number of benzene rings is 1. The topological polar surface area (TPSA) is 77.7 Å². The van der Waals surface area contributed by atoms with Gasteiger partial charge in [0.15, 0.2) is 5.69 Å². The number of para-hydroxylation sites is 1. The Bertz CT molecular complexity index is 977. The van der Waals surface area contributed by atoms with Crippen molar-refractivity contribution in [2.45, 2.75) is 44.9 Å². The number of hydrogen-bond donors (Lipinski definition) is 2. The van der Waals surface area contributed by atoms with Crippen LogP contribution in [0.1, 0.15) is 58.3 Å². The van der Waals surface area contributed by atoms with E-state index in [0.717, 1.165) is 73.3 Å². The molecule has 0 bridgehead atoms. The van der Waals surface area contributed by atoms with E-state index < -0.39 is 0 Å². The number of imidazole rings is 1. The molecule has 0 unspecified atom stereocenters. The molecule has 1 amide bonds. The van der Waals surface area contributed by atoms with Gasteiger partial charge in [-0.3, -0.25) is 9.89 Å². The summed E-state index contributed by atoms with van der Waals surface area (Å²) in [6, 6.07) is 6.23. The van der Waals surface area contributed by atoms with Crippen LogP contribution in [0.5, 0.6) is 0 Å². The van der Waals surface area contributed by atoms with Crippen LogP contribution in [0.15, 0.2) is 18.2 Å². The van der Waals surface area contributed by atoms with Crippen molar-refractivity contribution in [1.29, 1.82) is 0 Å². The summed E-state index contributed by atoms with van der Waals surface area (Å²) in [4.78, 5) is 23.1. The molecule has 1 saturated heterocycles. The van der Waals surface area contributed by atoms with E-state index in [1.165, 1.54) is 5.56 Å². The second-order valence-electron chi connectivity index (χ2n) is 7.54. The van der Waals surface area contributed by atoms with Crippen LogP contribution >= 0.6 is 0 Å². The van der Waals surface area contributed by atoms with Crippen molar-refractivity contribution in [2.24, 2.45) is 0 Å². The molecule has 1 aromatic carbocycles. The molecule has 1 fully saturated rings. The Balaban J connectivity index is 1.31. The lowest BCUT2D eigenvalue weighted by molar-refractivity contribution is 0.0704. The fourth-order valence-electron chi connectivity index (χ4n) is 4.39. The van der Waals surface area contributed by atoms with Crippen LogP contribution in [0, 0.1) is 6.92 Å². The summed E-state index contributed by atoms with van der Waals surface area (Å²) in [5.74, 6) is 1.53. The fraction of sp³-hybridized carbons (Fsp3) is 0.450. The third-order valence-electron chi connectivity index (χ3n) is 5.91. The number of hydrogen-bond acceptors (Lipinski definition) is 3. The number of aromatic amines is 2. The molecule has 26 heavy (non-hydrogen) atoms. The Labute approximate surface area is 152 Å². The first-order chi connectivity index (χ1) is 12.7. The minimum absolute atomic E-state index is 0.0864.